The van der Waals surface area contributed by atoms with Gasteiger partial charge in [-0.05, 0) is 32.2 Å². The van der Waals surface area contributed by atoms with Crippen molar-refractivity contribution in [1.29, 1.82) is 0 Å². The summed E-state index contributed by atoms with van der Waals surface area (Å²) in [5, 5.41) is 6.05. The SMILES string of the molecule is NC(=O)CCCCCNC(=O)C1CCCN1. The van der Waals surface area contributed by atoms with Gasteiger partial charge in [-0.25, -0.2) is 0 Å². The molecule has 92 valence electrons. The molecule has 0 saturated carbocycles. The predicted octanol–water partition coefficient (Wildman–Crippen LogP) is -0.0997. The van der Waals surface area contributed by atoms with Gasteiger partial charge in [-0.15, -0.1) is 0 Å². The van der Waals surface area contributed by atoms with Gasteiger partial charge >= 0.3 is 0 Å². The van der Waals surface area contributed by atoms with Crippen LogP contribution in [0.15, 0.2) is 0 Å². The van der Waals surface area contributed by atoms with Gasteiger partial charge in [-0.2, -0.15) is 0 Å². The summed E-state index contributed by atoms with van der Waals surface area (Å²) in [6.45, 7) is 1.63. The van der Waals surface area contributed by atoms with Crippen LogP contribution in [0.1, 0.15) is 38.5 Å². The van der Waals surface area contributed by atoms with Crippen molar-refractivity contribution in [3.8, 4) is 0 Å². The van der Waals surface area contributed by atoms with Gasteiger partial charge in [0.25, 0.3) is 0 Å². The third-order valence-corrected chi connectivity index (χ3v) is 2.78. The van der Waals surface area contributed by atoms with Crippen molar-refractivity contribution in [3.05, 3.63) is 0 Å². The highest BCUT2D eigenvalue weighted by atomic mass is 16.2. The summed E-state index contributed by atoms with van der Waals surface area (Å²) in [6.07, 6.45) is 5.11. The molecule has 1 saturated heterocycles. The van der Waals surface area contributed by atoms with Crippen LogP contribution in [0.2, 0.25) is 0 Å². The summed E-state index contributed by atoms with van der Waals surface area (Å²) in [7, 11) is 0. The Balaban J connectivity index is 1.94. The zero-order valence-corrected chi connectivity index (χ0v) is 9.63. The molecule has 0 aromatic carbocycles. The minimum atomic E-state index is -0.251. The van der Waals surface area contributed by atoms with Crippen LogP contribution in [-0.4, -0.2) is 30.9 Å². The number of rotatable bonds is 7. The summed E-state index contributed by atoms with van der Waals surface area (Å²) in [4.78, 5) is 22.0. The molecule has 5 nitrogen and oxygen atoms in total. The standard InChI is InChI=1S/C11H21N3O2/c12-10(15)6-2-1-3-7-14-11(16)9-5-4-8-13-9/h9,13H,1-8H2,(H2,12,15)(H,14,16). The van der Waals surface area contributed by atoms with Crippen molar-refractivity contribution in [3.63, 3.8) is 0 Å². The fourth-order valence-corrected chi connectivity index (χ4v) is 1.84. The molecule has 16 heavy (non-hydrogen) atoms. The first-order chi connectivity index (χ1) is 7.70. The predicted molar refractivity (Wildman–Crippen MR) is 61.7 cm³/mol. The fourth-order valence-electron chi connectivity index (χ4n) is 1.84. The number of carbonyl (C=O) groups excluding carboxylic acids is 2. The van der Waals surface area contributed by atoms with Crippen LogP contribution in [-0.2, 0) is 9.59 Å². The first-order valence-corrected chi connectivity index (χ1v) is 5.99. The van der Waals surface area contributed by atoms with Crippen molar-refractivity contribution >= 4 is 11.8 Å². The molecule has 1 aliphatic heterocycles. The summed E-state index contributed by atoms with van der Waals surface area (Å²) in [5.74, 6) is -0.147. The van der Waals surface area contributed by atoms with E-state index in [-0.39, 0.29) is 17.9 Å². The Bertz CT molecular complexity index is 237. The topological polar surface area (TPSA) is 84.2 Å². The second-order valence-corrected chi connectivity index (χ2v) is 4.22. The van der Waals surface area contributed by atoms with E-state index in [2.05, 4.69) is 10.6 Å². The lowest BCUT2D eigenvalue weighted by molar-refractivity contribution is -0.123. The lowest BCUT2D eigenvalue weighted by Crippen LogP contribution is -2.40. The van der Waals surface area contributed by atoms with E-state index in [1.54, 1.807) is 0 Å². The lowest BCUT2D eigenvalue weighted by atomic mass is 10.2. The molecular weight excluding hydrogens is 206 g/mol. The molecule has 1 aliphatic rings. The smallest absolute Gasteiger partial charge is 0.237 e. The molecule has 4 N–H and O–H groups in total. The van der Waals surface area contributed by atoms with Crippen molar-refractivity contribution in [2.24, 2.45) is 5.73 Å². The number of unbranched alkanes of at least 4 members (excludes halogenated alkanes) is 2. The van der Waals surface area contributed by atoms with Crippen LogP contribution in [0.5, 0.6) is 0 Å². The number of nitrogens with two attached hydrogens (primary N) is 1. The third kappa shape index (κ3) is 5.11. The molecule has 1 heterocycles. The van der Waals surface area contributed by atoms with Gasteiger partial charge in [0, 0.05) is 13.0 Å². The third-order valence-electron chi connectivity index (χ3n) is 2.78. The highest BCUT2D eigenvalue weighted by Crippen LogP contribution is 2.04. The highest BCUT2D eigenvalue weighted by Gasteiger charge is 2.20. The minimum Gasteiger partial charge on any atom is -0.370 e. The van der Waals surface area contributed by atoms with Crippen molar-refractivity contribution < 1.29 is 9.59 Å². The van der Waals surface area contributed by atoms with E-state index >= 15 is 0 Å². The molecule has 1 unspecified atom stereocenters. The molecule has 0 bridgehead atoms. The molecule has 0 aromatic heterocycles. The maximum Gasteiger partial charge on any atom is 0.237 e. The molecule has 1 rings (SSSR count). The highest BCUT2D eigenvalue weighted by molar-refractivity contribution is 5.81. The fraction of sp³-hybridized carbons (Fsp3) is 0.818. The van der Waals surface area contributed by atoms with E-state index in [4.69, 9.17) is 5.73 Å². The van der Waals surface area contributed by atoms with Crippen LogP contribution < -0.4 is 16.4 Å². The average Bonchev–Trinajstić information content (AvgIpc) is 2.75. The monoisotopic (exact) mass is 227 g/mol. The zero-order chi connectivity index (χ0) is 11.8. The van der Waals surface area contributed by atoms with E-state index in [0.717, 1.165) is 38.6 Å². The Morgan fingerprint density at radius 1 is 1.31 bits per heavy atom. The number of nitrogens with one attached hydrogen (secondary N) is 2. The van der Waals surface area contributed by atoms with E-state index in [1.807, 2.05) is 0 Å². The van der Waals surface area contributed by atoms with Crippen LogP contribution in [0.4, 0.5) is 0 Å². The van der Waals surface area contributed by atoms with E-state index in [0.29, 0.717) is 13.0 Å². The molecule has 0 radical (unpaired) electrons. The number of amides is 2. The molecule has 1 fully saturated rings. The van der Waals surface area contributed by atoms with Gasteiger partial charge in [0.05, 0.1) is 6.04 Å². The van der Waals surface area contributed by atoms with Gasteiger partial charge in [0.1, 0.15) is 0 Å². The second-order valence-electron chi connectivity index (χ2n) is 4.22. The average molecular weight is 227 g/mol. The van der Waals surface area contributed by atoms with Crippen LogP contribution >= 0.6 is 0 Å². The van der Waals surface area contributed by atoms with Crippen molar-refractivity contribution in [1.82, 2.24) is 10.6 Å². The Morgan fingerprint density at radius 2 is 2.12 bits per heavy atom. The first-order valence-electron chi connectivity index (χ1n) is 5.99. The Morgan fingerprint density at radius 3 is 2.75 bits per heavy atom. The minimum absolute atomic E-state index is 0.00520. The number of carbonyl (C=O) groups is 2. The quantitative estimate of drug-likeness (QED) is 0.531. The van der Waals surface area contributed by atoms with Gasteiger partial charge in [0.15, 0.2) is 0 Å². The number of hydrogen-bond acceptors (Lipinski definition) is 3. The Hall–Kier alpha value is -1.10. The number of primary amides is 1. The van der Waals surface area contributed by atoms with E-state index < -0.39 is 0 Å². The summed E-state index contributed by atoms with van der Waals surface area (Å²) in [6, 6.07) is 0.00520. The van der Waals surface area contributed by atoms with Gasteiger partial charge in [-0.1, -0.05) is 6.42 Å². The molecule has 5 heteroatoms. The first kappa shape index (κ1) is 13.0. The molecular formula is C11H21N3O2. The Labute approximate surface area is 96.1 Å². The lowest BCUT2D eigenvalue weighted by Gasteiger charge is -2.10. The van der Waals surface area contributed by atoms with Crippen molar-refractivity contribution in [2.45, 2.75) is 44.6 Å². The molecule has 1 atom stereocenters. The van der Waals surface area contributed by atoms with Gasteiger partial charge < -0.3 is 16.4 Å². The summed E-state index contributed by atoms with van der Waals surface area (Å²) < 4.78 is 0. The molecule has 0 aromatic rings. The summed E-state index contributed by atoms with van der Waals surface area (Å²) >= 11 is 0. The van der Waals surface area contributed by atoms with E-state index in [1.165, 1.54) is 0 Å². The van der Waals surface area contributed by atoms with Crippen LogP contribution in [0.3, 0.4) is 0 Å². The second kappa shape index (κ2) is 7.22. The maximum absolute atomic E-state index is 11.5. The zero-order valence-electron chi connectivity index (χ0n) is 9.63. The summed E-state index contributed by atoms with van der Waals surface area (Å²) in [5.41, 5.74) is 5.02. The number of hydrogen-bond donors (Lipinski definition) is 3. The molecule has 0 aliphatic carbocycles. The molecule has 2 amide bonds. The van der Waals surface area contributed by atoms with Gasteiger partial charge in [-0.3, -0.25) is 9.59 Å². The largest absolute Gasteiger partial charge is 0.370 e. The van der Waals surface area contributed by atoms with Crippen LogP contribution in [0, 0.1) is 0 Å². The molecule has 0 spiro atoms. The normalized spacial score (nSPS) is 19.6. The van der Waals surface area contributed by atoms with Gasteiger partial charge in [0.2, 0.25) is 11.8 Å². The van der Waals surface area contributed by atoms with E-state index in [9.17, 15) is 9.59 Å². The maximum atomic E-state index is 11.5. The van der Waals surface area contributed by atoms with Crippen molar-refractivity contribution in [2.75, 3.05) is 13.1 Å². The van der Waals surface area contributed by atoms with Crippen LogP contribution in [0.25, 0.3) is 0 Å². The Kier molecular flexibility index (Phi) is 5.85.